The second-order valence-corrected chi connectivity index (χ2v) is 5.32. The molecule has 2 rings (SSSR count). The lowest BCUT2D eigenvalue weighted by atomic mass is 10.2. The van der Waals surface area contributed by atoms with Gasteiger partial charge in [0.1, 0.15) is 11.6 Å². The Morgan fingerprint density at radius 2 is 2.11 bits per heavy atom. The van der Waals surface area contributed by atoms with Crippen LogP contribution in [0.25, 0.3) is 11.4 Å². The van der Waals surface area contributed by atoms with Gasteiger partial charge in [0.25, 0.3) is 0 Å². The molecule has 0 saturated heterocycles. The summed E-state index contributed by atoms with van der Waals surface area (Å²) in [5.41, 5.74) is 0.237. The van der Waals surface area contributed by atoms with Crippen LogP contribution in [0, 0.1) is 11.6 Å². The molecule has 0 fully saturated rings. The standard InChI is InChI=1S/C12H12ClF2N3S/c1-18-11(9-4-3-8(14)7-10(9)15)16-17-12(18)19-6-2-5-13/h3-4,7H,2,5-6H2,1H3. The van der Waals surface area contributed by atoms with E-state index in [-0.39, 0.29) is 5.56 Å². The number of hydrogen-bond acceptors (Lipinski definition) is 3. The number of benzene rings is 1. The summed E-state index contributed by atoms with van der Waals surface area (Å²) < 4.78 is 28.3. The Labute approximate surface area is 119 Å². The van der Waals surface area contributed by atoms with Gasteiger partial charge in [-0.3, -0.25) is 0 Å². The zero-order valence-electron chi connectivity index (χ0n) is 10.2. The Morgan fingerprint density at radius 3 is 2.79 bits per heavy atom. The Kier molecular flexibility index (Phi) is 4.76. The fraction of sp³-hybridized carbons (Fsp3) is 0.333. The molecule has 2 aromatic rings. The molecule has 0 aliphatic rings. The molecule has 1 aromatic carbocycles. The van der Waals surface area contributed by atoms with Gasteiger partial charge in [0, 0.05) is 24.7 Å². The average Bonchev–Trinajstić information content (AvgIpc) is 2.72. The van der Waals surface area contributed by atoms with E-state index in [0.717, 1.165) is 18.2 Å². The third-order valence-electron chi connectivity index (χ3n) is 2.52. The fourth-order valence-corrected chi connectivity index (χ4v) is 2.71. The molecule has 0 amide bonds. The fourth-order valence-electron chi connectivity index (χ4n) is 1.56. The van der Waals surface area contributed by atoms with Crippen LogP contribution < -0.4 is 0 Å². The highest BCUT2D eigenvalue weighted by Crippen LogP contribution is 2.25. The van der Waals surface area contributed by atoms with E-state index in [2.05, 4.69) is 10.2 Å². The first kappa shape index (κ1) is 14.3. The minimum atomic E-state index is -0.646. The lowest BCUT2D eigenvalue weighted by Crippen LogP contribution is -1.97. The van der Waals surface area contributed by atoms with E-state index in [1.54, 1.807) is 11.6 Å². The first-order chi connectivity index (χ1) is 9.13. The van der Waals surface area contributed by atoms with Crippen molar-refractivity contribution in [1.29, 1.82) is 0 Å². The van der Waals surface area contributed by atoms with E-state index < -0.39 is 11.6 Å². The molecule has 0 atom stereocenters. The quantitative estimate of drug-likeness (QED) is 0.481. The number of alkyl halides is 1. The second kappa shape index (κ2) is 6.34. The molecule has 0 aliphatic heterocycles. The van der Waals surface area contributed by atoms with Gasteiger partial charge in [0.2, 0.25) is 0 Å². The number of aromatic nitrogens is 3. The molecule has 102 valence electrons. The monoisotopic (exact) mass is 303 g/mol. The van der Waals surface area contributed by atoms with Crippen LogP contribution in [-0.4, -0.2) is 26.4 Å². The number of hydrogen-bond donors (Lipinski definition) is 0. The maximum absolute atomic E-state index is 13.7. The van der Waals surface area contributed by atoms with Gasteiger partial charge >= 0.3 is 0 Å². The summed E-state index contributed by atoms with van der Waals surface area (Å²) in [4.78, 5) is 0. The summed E-state index contributed by atoms with van der Waals surface area (Å²) in [5, 5.41) is 8.64. The number of rotatable bonds is 5. The molecule has 1 aromatic heterocycles. The molecule has 0 unspecified atom stereocenters. The molecular formula is C12H12ClF2N3S. The van der Waals surface area contributed by atoms with Crippen LogP contribution >= 0.6 is 23.4 Å². The third kappa shape index (κ3) is 3.25. The van der Waals surface area contributed by atoms with Crippen molar-refractivity contribution >= 4 is 23.4 Å². The van der Waals surface area contributed by atoms with E-state index in [9.17, 15) is 8.78 Å². The van der Waals surface area contributed by atoms with Gasteiger partial charge in [-0.1, -0.05) is 11.8 Å². The summed E-state index contributed by atoms with van der Waals surface area (Å²) in [6.45, 7) is 0. The van der Waals surface area contributed by atoms with E-state index in [0.29, 0.717) is 16.9 Å². The zero-order chi connectivity index (χ0) is 13.8. The molecule has 0 saturated carbocycles. The topological polar surface area (TPSA) is 30.7 Å². The molecule has 0 radical (unpaired) electrons. The highest BCUT2D eigenvalue weighted by molar-refractivity contribution is 7.99. The third-order valence-corrected chi connectivity index (χ3v) is 3.89. The highest BCUT2D eigenvalue weighted by Gasteiger charge is 2.15. The Hall–Kier alpha value is -1.14. The molecule has 0 aliphatic carbocycles. The molecule has 1 heterocycles. The van der Waals surface area contributed by atoms with E-state index in [1.807, 2.05) is 0 Å². The van der Waals surface area contributed by atoms with Crippen molar-refractivity contribution in [2.45, 2.75) is 11.6 Å². The Balaban J connectivity index is 2.26. The summed E-state index contributed by atoms with van der Waals surface area (Å²) in [5.74, 6) is 0.532. The van der Waals surface area contributed by atoms with Crippen LogP contribution in [0.5, 0.6) is 0 Å². The lowest BCUT2D eigenvalue weighted by Gasteiger charge is -2.04. The van der Waals surface area contributed by atoms with Crippen molar-refractivity contribution in [1.82, 2.24) is 14.8 Å². The molecule has 19 heavy (non-hydrogen) atoms. The highest BCUT2D eigenvalue weighted by atomic mass is 35.5. The van der Waals surface area contributed by atoms with Gasteiger partial charge < -0.3 is 4.57 Å². The normalized spacial score (nSPS) is 10.9. The predicted octanol–water partition coefficient (Wildman–Crippen LogP) is 3.48. The van der Waals surface area contributed by atoms with Crippen molar-refractivity contribution in [2.24, 2.45) is 7.05 Å². The van der Waals surface area contributed by atoms with Crippen molar-refractivity contribution in [3.8, 4) is 11.4 Å². The van der Waals surface area contributed by atoms with Crippen molar-refractivity contribution < 1.29 is 8.78 Å². The van der Waals surface area contributed by atoms with Gasteiger partial charge in [0.05, 0.1) is 5.56 Å². The predicted molar refractivity (Wildman–Crippen MR) is 72.4 cm³/mol. The SMILES string of the molecule is Cn1c(SCCCCl)nnc1-c1ccc(F)cc1F. The average molecular weight is 304 g/mol. The Bertz CT molecular complexity index is 574. The molecule has 0 bridgehead atoms. The van der Waals surface area contributed by atoms with Crippen LogP contribution in [0.2, 0.25) is 0 Å². The molecule has 3 nitrogen and oxygen atoms in total. The maximum Gasteiger partial charge on any atom is 0.191 e. The summed E-state index contributed by atoms with van der Waals surface area (Å²) in [6.07, 6.45) is 0.860. The van der Waals surface area contributed by atoms with Gasteiger partial charge in [-0.05, 0) is 18.6 Å². The van der Waals surface area contributed by atoms with Crippen LogP contribution in [0.15, 0.2) is 23.4 Å². The number of thioether (sulfide) groups is 1. The smallest absolute Gasteiger partial charge is 0.191 e. The number of nitrogens with zero attached hydrogens (tertiary/aromatic N) is 3. The maximum atomic E-state index is 13.7. The first-order valence-corrected chi connectivity index (χ1v) is 7.19. The van der Waals surface area contributed by atoms with E-state index in [1.165, 1.54) is 23.9 Å². The van der Waals surface area contributed by atoms with Crippen LogP contribution in [0.1, 0.15) is 6.42 Å². The Morgan fingerprint density at radius 1 is 1.32 bits per heavy atom. The second-order valence-electron chi connectivity index (χ2n) is 3.88. The van der Waals surface area contributed by atoms with Gasteiger partial charge in [-0.2, -0.15) is 0 Å². The molecule has 7 heteroatoms. The van der Waals surface area contributed by atoms with Crippen molar-refractivity contribution in [3.63, 3.8) is 0 Å². The molecule has 0 N–H and O–H groups in total. The van der Waals surface area contributed by atoms with Crippen LogP contribution in [0.3, 0.4) is 0 Å². The van der Waals surface area contributed by atoms with Gasteiger partial charge in [0.15, 0.2) is 11.0 Å². The summed E-state index contributed by atoms with van der Waals surface area (Å²) in [7, 11) is 1.75. The van der Waals surface area contributed by atoms with Crippen molar-refractivity contribution in [2.75, 3.05) is 11.6 Å². The minimum absolute atomic E-state index is 0.237. The van der Waals surface area contributed by atoms with Gasteiger partial charge in [-0.15, -0.1) is 21.8 Å². The van der Waals surface area contributed by atoms with Crippen molar-refractivity contribution in [3.05, 3.63) is 29.8 Å². The zero-order valence-corrected chi connectivity index (χ0v) is 11.8. The largest absolute Gasteiger partial charge is 0.305 e. The summed E-state index contributed by atoms with van der Waals surface area (Å²) in [6, 6.07) is 3.40. The van der Waals surface area contributed by atoms with E-state index in [4.69, 9.17) is 11.6 Å². The van der Waals surface area contributed by atoms with Crippen LogP contribution in [-0.2, 0) is 7.05 Å². The summed E-state index contributed by atoms with van der Waals surface area (Å²) >= 11 is 7.11. The molecule has 0 spiro atoms. The van der Waals surface area contributed by atoms with E-state index >= 15 is 0 Å². The first-order valence-electron chi connectivity index (χ1n) is 5.67. The number of halogens is 3. The minimum Gasteiger partial charge on any atom is -0.305 e. The lowest BCUT2D eigenvalue weighted by molar-refractivity contribution is 0.584. The molecular weight excluding hydrogens is 292 g/mol. The van der Waals surface area contributed by atoms with Crippen LogP contribution in [0.4, 0.5) is 8.78 Å². The van der Waals surface area contributed by atoms with Gasteiger partial charge in [-0.25, -0.2) is 8.78 Å².